The number of nitrogens with one attached hydrogen (secondary N) is 1. The van der Waals surface area contributed by atoms with E-state index >= 15 is 0 Å². The molecule has 25 heavy (non-hydrogen) atoms. The maximum absolute atomic E-state index is 12.7. The number of amides is 1. The Bertz CT molecular complexity index is 735. The normalized spacial score (nSPS) is 17.1. The number of halogens is 2. The number of aryl methyl sites for hydroxylation is 2. The maximum atomic E-state index is 12.7. The molecule has 8 heteroatoms. The molecule has 1 aromatic carbocycles. The van der Waals surface area contributed by atoms with Gasteiger partial charge in [-0.15, -0.1) is 12.4 Å². The highest BCUT2D eigenvalue weighted by Crippen LogP contribution is 2.23. The van der Waals surface area contributed by atoms with Gasteiger partial charge in [0.05, 0.1) is 0 Å². The molecule has 1 amide bonds. The summed E-state index contributed by atoms with van der Waals surface area (Å²) in [5, 5.41) is 3.98. The summed E-state index contributed by atoms with van der Waals surface area (Å²) in [4.78, 5) is 18.9. The standard InChI is InChI=1S/C17H21ClN4O2.ClH/c1-12-9-13(18)3-4-15(12)24-11-16(23)22-8-5-19-10-14(22)17-20-6-7-21(17)2;/h3-4,6-7,9,14,19H,5,8,10-11H2,1-2H3;1H. The Hall–Kier alpha value is -1.76. The van der Waals surface area contributed by atoms with Crippen LogP contribution in [0.15, 0.2) is 30.6 Å². The Morgan fingerprint density at radius 1 is 1.48 bits per heavy atom. The predicted octanol–water partition coefficient (Wildman–Crippen LogP) is 2.36. The number of piperazine rings is 1. The van der Waals surface area contributed by atoms with Crippen molar-refractivity contribution in [1.29, 1.82) is 0 Å². The highest BCUT2D eigenvalue weighted by atomic mass is 35.5. The molecule has 1 saturated heterocycles. The van der Waals surface area contributed by atoms with Crippen molar-refractivity contribution in [3.8, 4) is 5.75 Å². The Morgan fingerprint density at radius 3 is 2.96 bits per heavy atom. The molecule has 1 N–H and O–H groups in total. The topological polar surface area (TPSA) is 59.4 Å². The molecule has 0 spiro atoms. The molecule has 1 unspecified atom stereocenters. The summed E-state index contributed by atoms with van der Waals surface area (Å²) in [5.74, 6) is 1.51. The van der Waals surface area contributed by atoms with Gasteiger partial charge in [-0.2, -0.15) is 0 Å². The first-order chi connectivity index (χ1) is 11.6. The van der Waals surface area contributed by atoms with Crippen LogP contribution in [0, 0.1) is 6.92 Å². The number of imidazole rings is 1. The molecule has 2 aromatic rings. The maximum Gasteiger partial charge on any atom is 0.261 e. The average molecular weight is 385 g/mol. The van der Waals surface area contributed by atoms with Crippen molar-refractivity contribution in [2.45, 2.75) is 13.0 Å². The minimum Gasteiger partial charge on any atom is -0.483 e. The highest BCUT2D eigenvalue weighted by molar-refractivity contribution is 6.30. The molecule has 1 aliphatic rings. The minimum atomic E-state index is -0.0823. The number of hydrogen-bond donors (Lipinski definition) is 1. The van der Waals surface area contributed by atoms with Crippen molar-refractivity contribution in [2.24, 2.45) is 7.05 Å². The molecule has 1 fully saturated rings. The SMILES string of the molecule is Cc1cc(Cl)ccc1OCC(=O)N1CCNCC1c1nccn1C.Cl. The van der Waals surface area contributed by atoms with E-state index in [9.17, 15) is 4.79 Å². The summed E-state index contributed by atoms with van der Waals surface area (Å²) in [6, 6.07) is 5.29. The zero-order valence-corrected chi connectivity index (χ0v) is 15.8. The molecule has 0 bridgehead atoms. The first-order valence-corrected chi connectivity index (χ1v) is 8.30. The number of ether oxygens (including phenoxy) is 1. The second-order valence-electron chi connectivity index (χ2n) is 5.90. The summed E-state index contributed by atoms with van der Waals surface area (Å²) in [7, 11) is 1.94. The molecule has 1 aromatic heterocycles. The molecule has 2 heterocycles. The van der Waals surface area contributed by atoms with Gasteiger partial charge in [-0.25, -0.2) is 4.98 Å². The lowest BCUT2D eigenvalue weighted by Crippen LogP contribution is -2.50. The van der Waals surface area contributed by atoms with E-state index in [1.807, 2.05) is 35.7 Å². The molecule has 0 saturated carbocycles. The van der Waals surface area contributed by atoms with Crippen LogP contribution in [0.5, 0.6) is 5.75 Å². The van der Waals surface area contributed by atoms with Gasteiger partial charge in [0.2, 0.25) is 0 Å². The van der Waals surface area contributed by atoms with Crippen molar-refractivity contribution in [3.05, 3.63) is 47.0 Å². The van der Waals surface area contributed by atoms with Crippen LogP contribution in [-0.2, 0) is 11.8 Å². The van der Waals surface area contributed by atoms with Crippen LogP contribution in [0.3, 0.4) is 0 Å². The number of benzene rings is 1. The number of hydrogen-bond acceptors (Lipinski definition) is 4. The quantitative estimate of drug-likeness (QED) is 0.878. The second kappa shape index (κ2) is 8.56. The zero-order chi connectivity index (χ0) is 17.1. The third-order valence-electron chi connectivity index (χ3n) is 4.21. The van der Waals surface area contributed by atoms with E-state index in [1.54, 1.807) is 18.3 Å². The second-order valence-corrected chi connectivity index (χ2v) is 6.34. The van der Waals surface area contributed by atoms with Gasteiger partial charge in [0.25, 0.3) is 5.91 Å². The summed E-state index contributed by atoms with van der Waals surface area (Å²) >= 11 is 5.95. The van der Waals surface area contributed by atoms with Gasteiger partial charge in [0.1, 0.15) is 17.6 Å². The summed E-state index contributed by atoms with van der Waals surface area (Å²) in [6.07, 6.45) is 3.64. The van der Waals surface area contributed by atoms with Gasteiger partial charge >= 0.3 is 0 Å². The molecule has 6 nitrogen and oxygen atoms in total. The van der Waals surface area contributed by atoms with Crippen LogP contribution in [0.2, 0.25) is 5.02 Å². The van der Waals surface area contributed by atoms with Crippen molar-refractivity contribution >= 4 is 29.9 Å². The lowest BCUT2D eigenvalue weighted by atomic mass is 10.1. The number of aromatic nitrogens is 2. The van der Waals surface area contributed by atoms with Crippen molar-refractivity contribution in [3.63, 3.8) is 0 Å². The van der Waals surface area contributed by atoms with Gasteiger partial charge in [0.15, 0.2) is 6.61 Å². The molecule has 1 aliphatic heterocycles. The van der Waals surface area contributed by atoms with Gasteiger partial charge in [-0.1, -0.05) is 11.6 Å². The van der Waals surface area contributed by atoms with E-state index in [0.29, 0.717) is 23.9 Å². The van der Waals surface area contributed by atoms with E-state index in [0.717, 1.165) is 17.9 Å². The smallest absolute Gasteiger partial charge is 0.261 e. The number of rotatable bonds is 4. The molecule has 0 radical (unpaired) electrons. The molecule has 1 atom stereocenters. The Balaban J connectivity index is 0.00000225. The summed E-state index contributed by atoms with van der Waals surface area (Å²) in [6.45, 7) is 4.01. The van der Waals surface area contributed by atoms with E-state index in [-0.39, 0.29) is 31.0 Å². The number of carbonyl (C=O) groups is 1. The van der Waals surface area contributed by atoms with E-state index in [2.05, 4.69) is 10.3 Å². The fourth-order valence-corrected chi connectivity index (χ4v) is 3.16. The molecular formula is C17H22Cl2N4O2. The average Bonchev–Trinajstić information content (AvgIpc) is 2.99. The summed E-state index contributed by atoms with van der Waals surface area (Å²) in [5.41, 5.74) is 0.913. The monoisotopic (exact) mass is 384 g/mol. The van der Waals surface area contributed by atoms with Crippen LogP contribution >= 0.6 is 24.0 Å². The van der Waals surface area contributed by atoms with Crippen LogP contribution in [0.4, 0.5) is 0 Å². The van der Waals surface area contributed by atoms with Crippen LogP contribution in [0.1, 0.15) is 17.4 Å². The Labute approximate surface area is 158 Å². The molecule has 136 valence electrons. The van der Waals surface area contributed by atoms with Crippen LogP contribution in [-0.4, -0.2) is 46.6 Å². The van der Waals surface area contributed by atoms with Gasteiger partial charge in [0, 0.05) is 44.1 Å². The van der Waals surface area contributed by atoms with Crippen molar-refractivity contribution in [1.82, 2.24) is 19.8 Å². The number of carbonyl (C=O) groups excluding carboxylic acids is 1. The van der Waals surface area contributed by atoms with Crippen LogP contribution in [0.25, 0.3) is 0 Å². The van der Waals surface area contributed by atoms with Crippen LogP contribution < -0.4 is 10.1 Å². The van der Waals surface area contributed by atoms with Gasteiger partial charge in [-0.3, -0.25) is 4.79 Å². The lowest BCUT2D eigenvalue weighted by molar-refractivity contribution is -0.137. The van der Waals surface area contributed by atoms with E-state index in [1.165, 1.54) is 0 Å². The first-order valence-electron chi connectivity index (χ1n) is 7.92. The Kier molecular flexibility index (Phi) is 6.70. The molecule has 0 aliphatic carbocycles. The van der Waals surface area contributed by atoms with E-state index < -0.39 is 0 Å². The fourth-order valence-electron chi connectivity index (χ4n) is 2.93. The van der Waals surface area contributed by atoms with Crippen molar-refractivity contribution < 1.29 is 9.53 Å². The van der Waals surface area contributed by atoms with Gasteiger partial charge < -0.3 is 19.5 Å². The predicted molar refractivity (Wildman–Crippen MR) is 99.5 cm³/mol. The lowest BCUT2D eigenvalue weighted by Gasteiger charge is -2.35. The third-order valence-corrected chi connectivity index (χ3v) is 4.44. The highest BCUT2D eigenvalue weighted by Gasteiger charge is 2.30. The number of nitrogens with zero attached hydrogens (tertiary/aromatic N) is 3. The van der Waals surface area contributed by atoms with Crippen molar-refractivity contribution in [2.75, 3.05) is 26.2 Å². The molecular weight excluding hydrogens is 363 g/mol. The first kappa shape index (κ1) is 19.6. The zero-order valence-electron chi connectivity index (χ0n) is 14.2. The van der Waals surface area contributed by atoms with E-state index in [4.69, 9.17) is 16.3 Å². The molecule has 3 rings (SSSR count). The Morgan fingerprint density at radius 2 is 2.28 bits per heavy atom. The third kappa shape index (κ3) is 4.45. The summed E-state index contributed by atoms with van der Waals surface area (Å²) < 4.78 is 7.65. The largest absolute Gasteiger partial charge is 0.483 e. The fraction of sp³-hybridized carbons (Fsp3) is 0.412. The minimum absolute atomic E-state index is 0. The van der Waals surface area contributed by atoms with Gasteiger partial charge in [-0.05, 0) is 30.7 Å².